The molecule has 4 nitrogen and oxygen atoms in total. The van der Waals surface area contributed by atoms with Gasteiger partial charge in [0.2, 0.25) is 5.89 Å². The van der Waals surface area contributed by atoms with Crippen LogP contribution < -0.4 is 9.80 Å². The summed E-state index contributed by atoms with van der Waals surface area (Å²) in [5, 5.41) is 2.05. The van der Waals surface area contributed by atoms with E-state index in [0.717, 1.165) is 61.6 Å². The van der Waals surface area contributed by atoms with Crippen LogP contribution in [0.15, 0.2) is 205 Å². The molecule has 242 valence electrons. The van der Waals surface area contributed by atoms with E-state index in [1.54, 1.807) is 0 Å². The minimum atomic E-state index is 0.592. The van der Waals surface area contributed by atoms with Gasteiger partial charge in [-0.25, -0.2) is 4.98 Å². The van der Waals surface area contributed by atoms with Crippen LogP contribution in [0.3, 0.4) is 0 Å². The van der Waals surface area contributed by atoms with E-state index in [1.165, 1.54) is 11.1 Å². The number of fused-ring (bicyclic) bond motifs is 3. The maximum Gasteiger partial charge on any atom is 0.227 e. The number of rotatable bonds is 8. The average Bonchev–Trinajstić information content (AvgIpc) is 3.67. The van der Waals surface area contributed by atoms with E-state index < -0.39 is 0 Å². The Labute approximate surface area is 297 Å². The van der Waals surface area contributed by atoms with E-state index in [-0.39, 0.29) is 0 Å². The summed E-state index contributed by atoms with van der Waals surface area (Å²) in [4.78, 5) is 9.74. The topological polar surface area (TPSA) is 32.5 Å². The fraction of sp³-hybridized carbons (Fsp3) is 0. The van der Waals surface area contributed by atoms with Crippen LogP contribution in [-0.2, 0) is 0 Å². The van der Waals surface area contributed by atoms with E-state index in [2.05, 4.69) is 161 Å². The summed E-state index contributed by atoms with van der Waals surface area (Å²) in [6.07, 6.45) is 0. The molecule has 0 radical (unpaired) electrons. The molecule has 0 bridgehead atoms. The van der Waals surface area contributed by atoms with E-state index in [4.69, 9.17) is 9.40 Å². The molecule has 0 spiro atoms. The van der Waals surface area contributed by atoms with Gasteiger partial charge in [-0.2, -0.15) is 0 Å². The van der Waals surface area contributed by atoms with E-state index in [0.29, 0.717) is 5.89 Å². The summed E-state index contributed by atoms with van der Waals surface area (Å²) in [5.74, 6) is 0.592. The van der Waals surface area contributed by atoms with Crippen molar-refractivity contribution in [2.45, 2.75) is 0 Å². The number of nitrogens with zero attached hydrogens (tertiary/aromatic N) is 3. The molecule has 1 heterocycles. The molecule has 0 saturated carbocycles. The normalized spacial score (nSPS) is 11.1. The molecule has 9 rings (SSSR count). The first kappa shape index (κ1) is 30.2. The lowest BCUT2D eigenvalue weighted by atomic mass is 10.0. The van der Waals surface area contributed by atoms with Gasteiger partial charge in [0.05, 0.1) is 5.69 Å². The lowest BCUT2D eigenvalue weighted by Crippen LogP contribution is -2.11. The van der Waals surface area contributed by atoms with Crippen LogP contribution in [0.2, 0.25) is 0 Å². The van der Waals surface area contributed by atoms with Crippen molar-refractivity contribution in [3.05, 3.63) is 200 Å². The van der Waals surface area contributed by atoms with Crippen molar-refractivity contribution in [1.29, 1.82) is 0 Å². The van der Waals surface area contributed by atoms with Gasteiger partial charge >= 0.3 is 0 Å². The summed E-state index contributed by atoms with van der Waals surface area (Å²) in [5.41, 5.74) is 11.1. The summed E-state index contributed by atoms with van der Waals surface area (Å²) < 4.78 is 6.70. The first-order valence-corrected chi connectivity index (χ1v) is 17.1. The second kappa shape index (κ2) is 13.2. The molecular formula is C47H33N3O. The van der Waals surface area contributed by atoms with Gasteiger partial charge in [-0.3, -0.25) is 0 Å². The monoisotopic (exact) mass is 655 g/mol. The van der Waals surface area contributed by atoms with Crippen molar-refractivity contribution in [2.24, 2.45) is 0 Å². The SMILES string of the molecule is c1ccc(-c2ccc(N(c3ccccc3)c3ccc4c(c3)cc(N(c3ccccc3)c3ccccc3)c3nc(-c5ccccc5)oc34)cc2)cc1. The lowest BCUT2D eigenvalue weighted by Gasteiger charge is -2.27. The molecule has 0 aliphatic rings. The Kier molecular flexibility index (Phi) is 7.80. The van der Waals surface area contributed by atoms with Gasteiger partial charge in [0.15, 0.2) is 5.58 Å². The zero-order chi connectivity index (χ0) is 34.0. The molecular weight excluding hydrogens is 623 g/mol. The van der Waals surface area contributed by atoms with Gasteiger partial charge in [-0.05, 0) is 101 Å². The smallest absolute Gasteiger partial charge is 0.227 e. The predicted molar refractivity (Wildman–Crippen MR) is 212 cm³/mol. The Morgan fingerprint density at radius 3 is 1.39 bits per heavy atom. The molecule has 1 aromatic heterocycles. The van der Waals surface area contributed by atoms with Crippen LogP contribution in [0.1, 0.15) is 0 Å². The van der Waals surface area contributed by atoms with Crippen molar-refractivity contribution >= 4 is 56.0 Å². The first-order valence-electron chi connectivity index (χ1n) is 17.1. The summed E-state index contributed by atoms with van der Waals surface area (Å²) in [6, 6.07) is 69.7. The van der Waals surface area contributed by atoms with E-state index in [9.17, 15) is 0 Å². The highest BCUT2D eigenvalue weighted by molar-refractivity contribution is 6.12. The molecule has 9 aromatic rings. The molecule has 0 atom stereocenters. The highest BCUT2D eigenvalue weighted by atomic mass is 16.3. The first-order chi connectivity index (χ1) is 25.3. The molecule has 0 aliphatic heterocycles. The molecule has 0 amide bonds. The summed E-state index contributed by atoms with van der Waals surface area (Å²) in [7, 11) is 0. The van der Waals surface area contributed by atoms with Crippen molar-refractivity contribution in [3.8, 4) is 22.6 Å². The Bertz CT molecular complexity index is 2510. The third-order valence-electron chi connectivity index (χ3n) is 9.24. The van der Waals surface area contributed by atoms with Gasteiger partial charge in [0, 0.05) is 39.4 Å². The van der Waals surface area contributed by atoms with Gasteiger partial charge < -0.3 is 14.2 Å². The van der Waals surface area contributed by atoms with Crippen LogP contribution in [0.25, 0.3) is 44.5 Å². The van der Waals surface area contributed by atoms with Crippen molar-refractivity contribution < 1.29 is 4.42 Å². The largest absolute Gasteiger partial charge is 0.435 e. The average molecular weight is 656 g/mol. The van der Waals surface area contributed by atoms with Crippen LogP contribution in [0, 0.1) is 0 Å². The number of oxazole rings is 1. The Hall–Kier alpha value is -6.91. The van der Waals surface area contributed by atoms with Crippen molar-refractivity contribution in [2.75, 3.05) is 9.80 Å². The van der Waals surface area contributed by atoms with Gasteiger partial charge in [-0.15, -0.1) is 0 Å². The quantitative estimate of drug-likeness (QED) is 0.163. The molecule has 0 fully saturated rings. The van der Waals surface area contributed by atoms with Crippen molar-refractivity contribution in [3.63, 3.8) is 0 Å². The van der Waals surface area contributed by atoms with Crippen LogP contribution in [0.5, 0.6) is 0 Å². The van der Waals surface area contributed by atoms with Gasteiger partial charge in [0.1, 0.15) is 5.52 Å². The van der Waals surface area contributed by atoms with Gasteiger partial charge in [0.25, 0.3) is 0 Å². The van der Waals surface area contributed by atoms with E-state index in [1.807, 2.05) is 48.5 Å². The van der Waals surface area contributed by atoms with Crippen molar-refractivity contribution in [1.82, 2.24) is 4.98 Å². The van der Waals surface area contributed by atoms with Crippen LogP contribution in [-0.4, -0.2) is 4.98 Å². The summed E-state index contributed by atoms with van der Waals surface area (Å²) in [6.45, 7) is 0. The number of anilines is 6. The minimum Gasteiger partial charge on any atom is -0.435 e. The standard InChI is InChI=1S/C47H33N3O/c1-6-16-34(17-7-1)35-26-28-41(29-27-35)49(38-20-10-3-11-21-38)42-30-31-43-37(32-42)33-44(45-46(43)51-47(48-45)36-18-8-2-9-19-36)50(39-22-12-4-13-23-39)40-24-14-5-15-25-40/h1-33H. The minimum absolute atomic E-state index is 0.592. The molecule has 0 saturated heterocycles. The van der Waals surface area contributed by atoms with Gasteiger partial charge in [-0.1, -0.05) is 115 Å². The zero-order valence-electron chi connectivity index (χ0n) is 27.8. The second-order valence-electron chi connectivity index (χ2n) is 12.5. The second-order valence-corrected chi connectivity index (χ2v) is 12.5. The third kappa shape index (κ3) is 5.79. The van der Waals surface area contributed by atoms with Crippen LogP contribution in [0.4, 0.5) is 34.1 Å². The summed E-state index contributed by atoms with van der Waals surface area (Å²) >= 11 is 0. The zero-order valence-corrected chi connectivity index (χ0v) is 27.8. The fourth-order valence-electron chi connectivity index (χ4n) is 6.82. The third-order valence-corrected chi connectivity index (χ3v) is 9.24. The highest BCUT2D eigenvalue weighted by Gasteiger charge is 2.23. The van der Waals surface area contributed by atoms with Crippen LogP contribution >= 0.6 is 0 Å². The number of para-hydroxylation sites is 3. The molecule has 8 aromatic carbocycles. The molecule has 0 unspecified atom stereocenters. The number of aromatic nitrogens is 1. The number of benzene rings is 8. The molecule has 0 N–H and O–H groups in total. The molecule has 4 heteroatoms. The Morgan fingerprint density at radius 1 is 0.373 bits per heavy atom. The molecule has 0 aliphatic carbocycles. The molecule has 51 heavy (non-hydrogen) atoms. The maximum atomic E-state index is 6.70. The van der Waals surface area contributed by atoms with E-state index >= 15 is 0 Å². The fourth-order valence-corrected chi connectivity index (χ4v) is 6.82. The number of hydrogen-bond acceptors (Lipinski definition) is 4. The Balaban J connectivity index is 1.26. The Morgan fingerprint density at radius 2 is 0.824 bits per heavy atom. The number of hydrogen-bond donors (Lipinski definition) is 0. The predicted octanol–water partition coefficient (Wildman–Crippen LogP) is 13.3. The highest BCUT2D eigenvalue weighted by Crippen LogP contribution is 2.45. The lowest BCUT2D eigenvalue weighted by molar-refractivity contribution is 0.623. The maximum absolute atomic E-state index is 6.70.